The predicted molar refractivity (Wildman–Crippen MR) is 111 cm³/mol. The normalized spacial score (nSPS) is 25.2. The molecule has 2 aliphatic rings. The number of nitrogens with one attached hydrogen (secondary N) is 2. The van der Waals surface area contributed by atoms with Crippen molar-refractivity contribution in [3.05, 3.63) is 34.9 Å². The minimum Gasteiger partial charge on any atom is -0.353 e. The van der Waals surface area contributed by atoms with Crippen LogP contribution in [0.25, 0.3) is 0 Å². The first-order valence-corrected chi connectivity index (χ1v) is 10.5. The number of carbonyl (C=O) groups excluding carboxylic acids is 1. The zero-order valence-corrected chi connectivity index (χ0v) is 17.5. The van der Waals surface area contributed by atoms with Crippen molar-refractivity contribution in [3.63, 3.8) is 0 Å². The van der Waals surface area contributed by atoms with Crippen molar-refractivity contribution in [3.8, 4) is 0 Å². The average molecular weight is 393 g/mol. The Labute approximate surface area is 168 Å². The molecule has 27 heavy (non-hydrogen) atoms. The molecule has 3 rings (SSSR count). The molecule has 0 spiro atoms. The van der Waals surface area contributed by atoms with E-state index in [2.05, 4.69) is 33.5 Å². The van der Waals surface area contributed by atoms with Gasteiger partial charge in [0.15, 0.2) is 0 Å². The summed E-state index contributed by atoms with van der Waals surface area (Å²) in [7, 11) is 2.19. The maximum Gasteiger partial charge on any atom is 0.237 e. The SMILES string of the molecule is CC(C)NC(=O)[C@@H]1C[C@H](NC2CCN(C)CC2)CN1Cc1cccc(Cl)c1. The van der Waals surface area contributed by atoms with Crippen LogP contribution in [0.3, 0.4) is 0 Å². The lowest BCUT2D eigenvalue weighted by Crippen LogP contribution is -2.46. The van der Waals surface area contributed by atoms with Crippen molar-refractivity contribution < 1.29 is 4.79 Å². The van der Waals surface area contributed by atoms with Crippen LogP contribution >= 0.6 is 11.6 Å². The molecule has 0 unspecified atom stereocenters. The van der Waals surface area contributed by atoms with Crippen molar-refractivity contribution in [1.29, 1.82) is 0 Å². The van der Waals surface area contributed by atoms with E-state index in [1.54, 1.807) is 0 Å². The summed E-state index contributed by atoms with van der Waals surface area (Å²) in [5, 5.41) is 7.68. The second-order valence-corrected chi connectivity index (χ2v) is 8.85. The van der Waals surface area contributed by atoms with Gasteiger partial charge in [0, 0.05) is 36.2 Å². The molecule has 6 heteroatoms. The molecule has 5 nitrogen and oxygen atoms in total. The molecule has 2 saturated heterocycles. The van der Waals surface area contributed by atoms with Gasteiger partial charge in [-0.1, -0.05) is 23.7 Å². The second kappa shape index (κ2) is 9.37. The van der Waals surface area contributed by atoms with Gasteiger partial charge in [0.2, 0.25) is 5.91 Å². The van der Waals surface area contributed by atoms with Gasteiger partial charge in [-0.15, -0.1) is 0 Å². The molecule has 150 valence electrons. The van der Waals surface area contributed by atoms with Gasteiger partial charge in [-0.25, -0.2) is 0 Å². The molecule has 2 fully saturated rings. The largest absolute Gasteiger partial charge is 0.353 e. The molecule has 0 aromatic heterocycles. The van der Waals surface area contributed by atoms with Crippen LogP contribution in [-0.2, 0) is 11.3 Å². The quantitative estimate of drug-likeness (QED) is 0.780. The van der Waals surface area contributed by atoms with E-state index in [1.165, 1.54) is 12.8 Å². The van der Waals surface area contributed by atoms with Gasteiger partial charge in [0.05, 0.1) is 6.04 Å². The van der Waals surface area contributed by atoms with E-state index < -0.39 is 0 Å². The van der Waals surface area contributed by atoms with Gasteiger partial charge < -0.3 is 15.5 Å². The Morgan fingerprint density at radius 3 is 2.67 bits per heavy atom. The molecule has 1 aromatic rings. The van der Waals surface area contributed by atoms with Crippen LogP contribution in [0.1, 0.15) is 38.7 Å². The number of carbonyl (C=O) groups is 1. The summed E-state index contributed by atoms with van der Waals surface area (Å²) < 4.78 is 0. The van der Waals surface area contributed by atoms with Gasteiger partial charge >= 0.3 is 0 Å². The van der Waals surface area contributed by atoms with E-state index in [4.69, 9.17) is 11.6 Å². The third-order valence-electron chi connectivity index (χ3n) is 5.60. The molecule has 1 amide bonds. The van der Waals surface area contributed by atoms with Gasteiger partial charge in [-0.2, -0.15) is 0 Å². The predicted octanol–water partition coefficient (Wildman–Crippen LogP) is 2.49. The smallest absolute Gasteiger partial charge is 0.237 e. The number of likely N-dealkylation sites (tertiary alicyclic amines) is 2. The van der Waals surface area contributed by atoms with Crippen molar-refractivity contribution in [1.82, 2.24) is 20.4 Å². The van der Waals surface area contributed by atoms with Crippen LogP contribution in [0.5, 0.6) is 0 Å². The number of rotatable bonds is 6. The summed E-state index contributed by atoms with van der Waals surface area (Å²) in [5.41, 5.74) is 1.16. The summed E-state index contributed by atoms with van der Waals surface area (Å²) in [6.45, 7) is 7.98. The van der Waals surface area contributed by atoms with Gasteiger partial charge in [-0.3, -0.25) is 9.69 Å². The average Bonchev–Trinajstić information content (AvgIpc) is 2.99. The fraction of sp³-hybridized carbons (Fsp3) is 0.667. The zero-order chi connectivity index (χ0) is 19.4. The number of piperidine rings is 1. The zero-order valence-electron chi connectivity index (χ0n) is 16.7. The lowest BCUT2D eigenvalue weighted by atomic mass is 10.0. The number of hydrogen-bond donors (Lipinski definition) is 2. The molecule has 2 atom stereocenters. The Balaban J connectivity index is 1.65. The van der Waals surface area contributed by atoms with Crippen LogP contribution < -0.4 is 10.6 Å². The summed E-state index contributed by atoms with van der Waals surface area (Å²) in [4.78, 5) is 17.5. The highest BCUT2D eigenvalue weighted by Gasteiger charge is 2.37. The van der Waals surface area contributed by atoms with Crippen molar-refractivity contribution in [2.75, 3.05) is 26.7 Å². The molecular weight excluding hydrogens is 360 g/mol. The van der Waals surface area contributed by atoms with Crippen molar-refractivity contribution >= 4 is 17.5 Å². The fourth-order valence-electron chi connectivity index (χ4n) is 4.23. The lowest BCUT2D eigenvalue weighted by Gasteiger charge is -2.31. The molecule has 0 saturated carbocycles. The first-order valence-electron chi connectivity index (χ1n) is 10.1. The summed E-state index contributed by atoms with van der Waals surface area (Å²) in [6, 6.07) is 8.94. The minimum absolute atomic E-state index is 0.0878. The highest BCUT2D eigenvalue weighted by Crippen LogP contribution is 2.24. The van der Waals surface area contributed by atoms with E-state index in [0.29, 0.717) is 12.1 Å². The monoisotopic (exact) mass is 392 g/mol. The van der Waals surface area contributed by atoms with Crippen LogP contribution in [0.2, 0.25) is 5.02 Å². The fourth-order valence-corrected chi connectivity index (χ4v) is 4.44. The van der Waals surface area contributed by atoms with Gasteiger partial charge in [0.1, 0.15) is 0 Å². The number of halogens is 1. The Morgan fingerprint density at radius 2 is 2.00 bits per heavy atom. The third kappa shape index (κ3) is 5.92. The Kier molecular flexibility index (Phi) is 7.15. The lowest BCUT2D eigenvalue weighted by molar-refractivity contribution is -0.126. The van der Waals surface area contributed by atoms with Crippen LogP contribution in [-0.4, -0.2) is 66.6 Å². The van der Waals surface area contributed by atoms with E-state index in [9.17, 15) is 4.79 Å². The number of amides is 1. The van der Waals surface area contributed by atoms with Crippen LogP contribution in [0.4, 0.5) is 0 Å². The van der Waals surface area contributed by atoms with E-state index in [-0.39, 0.29) is 18.0 Å². The second-order valence-electron chi connectivity index (χ2n) is 8.42. The summed E-state index contributed by atoms with van der Waals surface area (Å²) in [5.74, 6) is 0.139. The first-order chi connectivity index (χ1) is 12.9. The standard InChI is InChI=1S/C21H33ClN4O/c1-15(2)23-21(27)20-12-19(24-18-7-9-25(3)10-8-18)14-26(20)13-16-5-4-6-17(22)11-16/h4-6,11,15,18-20,24H,7-10,12-14H2,1-3H3,(H,23,27)/t19-,20-/m0/s1. The molecule has 0 aliphatic carbocycles. The van der Waals surface area contributed by atoms with Crippen LogP contribution in [0.15, 0.2) is 24.3 Å². The highest BCUT2D eigenvalue weighted by atomic mass is 35.5. The molecule has 0 radical (unpaired) electrons. The van der Waals surface area contributed by atoms with Gasteiger partial charge in [0.25, 0.3) is 0 Å². The molecular formula is C21H33ClN4O. The number of benzene rings is 1. The number of hydrogen-bond acceptors (Lipinski definition) is 4. The van der Waals surface area contributed by atoms with Crippen LogP contribution in [0, 0.1) is 0 Å². The van der Waals surface area contributed by atoms with E-state index in [0.717, 1.165) is 43.2 Å². The maximum atomic E-state index is 12.8. The van der Waals surface area contributed by atoms with Gasteiger partial charge in [-0.05, 0) is 70.9 Å². The van der Waals surface area contributed by atoms with E-state index in [1.807, 2.05) is 32.0 Å². The number of nitrogens with zero attached hydrogens (tertiary/aromatic N) is 2. The molecule has 2 N–H and O–H groups in total. The summed E-state index contributed by atoms with van der Waals surface area (Å²) >= 11 is 6.15. The third-order valence-corrected chi connectivity index (χ3v) is 5.84. The molecule has 2 heterocycles. The Bertz CT molecular complexity index is 630. The molecule has 0 bridgehead atoms. The minimum atomic E-state index is -0.0878. The Morgan fingerprint density at radius 1 is 1.26 bits per heavy atom. The summed E-state index contributed by atoms with van der Waals surface area (Å²) in [6.07, 6.45) is 3.24. The topological polar surface area (TPSA) is 47.6 Å². The first kappa shape index (κ1) is 20.6. The molecule has 1 aromatic carbocycles. The highest BCUT2D eigenvalue weighted by molar-refractivity contribution is 6.30. The van der Waals surface area contributed by atoms with Crippen molar-refractivity contribution in [2.24, 2.45) is 0 Å². The molecule has 2 aliphatic heterocycles. The Hall–Kier alpha value is -1.14. The van der Waals surface area contributed by atoms with Crippen molar-refractivity contribution in [2.45, 2.75) is 63.8 Å². The van der Waals surface area contributed by atoms with E-state index >= 15 is 0 Å². The maximum absolute atomic E-state index is 12.8.